The Morgan fingerprint density at radius 3 is 2.58 bits per heavy atom. The van der Waals surface area contributed by atoms with Crippen molar-refractivity contribution in [1.29, 1.82) is 0 Å². The molecule has 1 amide bonds. The molecule has 0 aliphatic heterocycles. The van der Waals surface area contributed by atoms with Crippen molar-refractivity contribution in [3.63, 3.8) is 0 Å². The number of nitrogens with one attached hydrogen (secondary N) is 1. The molecule has 188 valence electrons. The van der Waals surface area contributed by atoms with Gasteiger partial charge in [0.2, 0.25) is 5.91 Å². The van der Waals surface area contributed by atoms with E-state index in [0.29, 0.717) is 27.7 Å². The molecule has 1 atom stereocenters. The first-order chi connectivity index (χ1) is 17.2. The SMILES string of the molecule is CCOC(=O)c1cnn2c(-c3cccc(NC(=O)C(C)n4nc(C(F)F)cc4C(F)F)c3)ccnc12. The van der Waals surface area contributed by atoms with Gasteiger partial charge in [-0.3, -0.25) is 9.48 Å². The third-order valence-electron chi connectivity index (χ3n) is 5.30. The van der Waals surface area contributed by atoms with Gasteiger partial charge in [-0.2, -0.15) is 10.2 Å². The molecular formula is C23H20F4N6O3. The van der Waals surface area contributed by atoms with Crippen LogP contribution in [0.15, 0.2) is 48.8 Å². The number of hydrogen-bond acceptors (Lipinski definition) is 6. The molecule has 0 saturated carbocycles. The average Bonchev–Trinajstić information content (AvgIpc) is 3.49. The number of nitrogens with zero attached hydrogens (tertiary/aromatic N) is 5. The van der Waals surface area contributed by atoms with Gasteiger partial charge in [-0.25, -0.2) is 31.9 Å². The van der Waals surface area contributed by atoms with Crippen molar-refractivity contribution < 1.29 is 31.9 Å². The van der Waals surface area contributed by atoms with Crippen LogP contribution in [-0.2, 0) is 9.53 Å². The highest BCUT2D eigenvalue weighted by Crippen LogP contribution is 2.29. The van der Waals surface area contributed by atoms with Crippen molar-refractivity contribution in [2.75, 3.05) is 11.9 Å². The Kier molecular flexibility index (Phi) is 6.99. The van der Waals surface area contributed by atoms with E-state index in [9.17, 15) is 27.2 Å². The number of ether oxygens (including phenoxy) is 1. The number of carbonyl (C=O) groups excluding carboxylic acids is 2. The highest BCUT2D eigenvalue weighted by atomic mass is 19.3. The monoisotopic (exact) mass is 504 g/mol. The zero-order valence-electron chi connectivity index (χ0n) is 19.0. The summed E-state index contributed by atoms with van der Waals surface area (Å²) in [7, 11) is 0. The number of fused-ring (bicyclic) bond motifs is 1. The molecule has 3 aromatic heterocycles. The van der Waals surface area contributed by atoms with Gasteiger partial charge < -0.3 is 10.1 Å². The second-order valence-corrected chi connectivity index (χ2v) is 7.63. The first-order valence-corrected chi connectivity index (χ1v) is 10.8. The molecular weight excluding hydrogens is 484 g/mol. The topological polar surface area (TPSA) is 103 Å². The number of benzene rings is 1. The van der Waals surface area contributed by atoms with Crippen LogP contribution in [-0.4, -0.2) is 42.9 Å². The van der Waals surface area contributed by atoms with Crippen LogP contribution < -0.4 is 5.32 Å². The molecule has 36 heavy (non-hydrogen) atoms. The Labute approximate surface area is 201 Å². The van der Waals surface area contributed by atoms with Crippen LogP contribution in [0.2, 0.25) is 0 Å². The second-order valence-electron chi connectivity index (χ2n) is 7.63. The van der Waals surface area contributed by atoms with E-state index in [4.69, 9.17) is 4.74 Å². The van der Waals surface area contributed by atoms with Gasteiger partial charge in [0.25, 0.3) is 12.9 Å². The van der Waals surface area contributed by atoms with Crippen molar-refractivity contribution in [2.45, 2.75) is 32.7 Å². The summed E-state index contributed by atoms with van der Waals surface area (Å²) >= 11 is 0. The zero-order chi connectivity index (χ0) is 26.0. The average molecular weight is 504 g/mol. The summed E-state index contributed by atoms with van der Waals surface area (Å²) in [5.41, 5.74) is 0.308. The van der Waals surface area contributed by atoms with Gasteiger partial charge in [-0.05, 0) is 38.1 Å². The minimum absolute atomic E-state index is 0.189. The van der Waals surface area contributed by atoms with Crippen LogP contribution in [0.3, 0.4) is 0 Å². The van der Waals surface area contributed by atoms with Gasteiger partial charge in [-0.1, -0.05) is 12.1 Å². The Bertz CT molecular complexity index is 1420. The number of alkyl halides is 4. The van der Waals surface area contributed by atoms with Crippen molar-refractivity contribution in [1.82, 2.24) is 24.4 Å². The molecule has 0 fully saturated rings. The highest BCUT2D eigenvalue weighted by Gasteiger charge is 2.27. The van der Waals surface area contributed by atoms with E-state index < -0.39 is 42.2 Å². The molecule has 0 radical (unpaired) electrons. The normalized spacial score (nSPS) is 12.3. The molecule has 1 N–H and O–H groups in total. The van der Waals surface area contributed by atoms with E-state index in [1.54, 1.807) is 37.3 Å². The number of anilines is 1. The summed E-state index contributed by atoms with van der Waals surface area (Å²) in [5.74, 6) is -1.30. The number of amides is 1. The lowest BCUT2D eigenvalue weighted by Gasteiger charge is -2.16. The van der Waals surface area contributed by atoms with Gasteiger partial charge in [-0.15, -0.1) is 0 Å². The van der Waals surface area contributed by atoms with Gasteiger partial charge in [0, 0.05) is 17.4 Å². The van der Waals surface area contributed by atoms with E-state index >= 15 is 0 Å². The molecule has 4 rings (SSSR count). The van der Waals surface area contributed by atoms with Gasteiger partial charge in [0.1, 0.15) is 23.0 Å². The largest absolute Gasteiger partial charge is 0.462 e. The molecule has 0 aliphatic rings. The van der Waals surface area contributed by atoms with Crippen LogP contribution in [0.25, 0.3) is 16.9 Å². The van der Waals surface area contributed by atoms with Gasteiger partial charge in [0.05, 0.1) is 18.5 Å². The number of carbonyl (C=O) groups is 2. The summed E-state index contributed by atoms with van der Waals surface area (Å²) in [4.78, 5) is 29.2. The summed E-state index contributed by atoms with van der Waals surface area (Å²) in [6.07, 6.45) is -3.31. The number of aromatic nitrogens is 5. The Balaban J connectivity index is 1.61. The van der Waals surface area contributed by atoms with Crippen LogP contribution in [0.1, 0.15) is 54.5 Å². The maximum absolute atomic E-state index is 13.3. The summed E-state index contributed by atoms with van der Waals surface area (Å²) in [5, 5.41) is 10.3. The Morgan fingerprint density at radius 2 is 1.89 bits per heavy atom. The van der Waals surface area contributed by atoms with E-state index in [1.165, 1.54) is 23.8 Å². The summed E-state index contributed by atoms with van der Waals surface area (Å²) in [6, 6.07) is 7.50. The number of halogens is 4. The fourth-order valence-corrected chi connectivity index (χ4v) is 3.59. The molecule has 4 aromatic rings. The lowest BCUT2D eigenvalue weighted by molar-refractivity contribution is -0.119. The third-order valence-corrected chi connectivity index (χ3v) is 5.30. The van der Waals surface area contributed by atoms with E-state index in [1.807, 2.05) is 0 Å². The van der Waals surface area contributed by atoms with Gasteiger partial charge in [0.15, 0.2) is 5.65 Å². The first-order valence-electron chi connectivity index (χ1n) is 10.8. The maximum Gasteiger partial charge on any atom is 0.343 e. The summed E-state index contributed by atoms with van der Waals surface area (Å²) < 4.78 is 59.7. The standard InChI is InChI=1S/C23H20F4N6O3/c1-3-36-23(35)15-11-29-33-17(7-8-28-21(15)33)13-5-4-6-14(9-13)30-22(34)12(2)32-18(20(26)27)10-16(31-32)19(24)25/h4-12,19-20H,3H2,1-2H3,(H,30,34). The lowest BCUT2D eigenvalue weighted by Crippen LogP contribution is -2.26. The number of hydrogen-bond donors (Lipinski definition) is 1. The fourth-order valence-electron chi connectivity index (χ4n) is 3.59. The maximum atomic E-state index is 13.3. The van der Waals surface area contributed by atoms with Crippen molar-refractivity contribution in [3.05, 3.63) is 65.7 Å². The summed E-state index contributed by atoms with van der Waals surface area (Å²) in [6.45, 7) is 3.15. The van der Waals surface area contributed by atoms with Gasteiger partial charge >= 0.3 is 5.97 Å². The van der Waals surface area contributed by atoms with Crippen molar-refractivity contribution >= 4 is 23.2 Å². The lowest BCUT2D eigenvalue weighted by atomic mass is 10.1. The Morgan fingerprint density at radius 1 is 1.11 bits per heavy atom. The quantitative estimate of drug-likeness (QED) is 0.272. The van der Waals surface area contributed by atoms with Crippen LogP contribution in [0, 0.1) is 0 Å². The van der Waals surface area contributed by atoms with Crippen LogP contribution in [0.5, 0.6) is 0 Å². The molecule has 0 aliphatic carbocycles. The van der Waals surface area contributed by atoms with Crippen LogP contribution >= 0.6 is 0 Å². The molecule has 1 aromatic carbocycles. The predicted octanol–water partition coefficient (Wildman–Crippen LogP) is 4.84. The predicted molar refractivity (Wildman–Crippen MR) is 120 cm³/mol. The fraction of sp³-hybridized carbons (Fsp3) is 0.261. The zero-order valence-corrected chi connectivity index (χ0v) is 19.0. The third kappa shape index (κ3) is 4.76. The molecule has 9 nitrogen and oxygen atoms in total. The van der Waals surface area contributed by atoms with Crippen LogP contribution in [0.4, 0.5) is 23.2 Å². The molecule has 0 saturated heterocycles. The number of esters is 1. The smallest absolute Gasteiger partial charge is 0.343 e. The molecule has 3 heterocycles. The molecule has 0 bridgehead atoms. The molecule has 1 unspecified atom stereocenters. The molecule has 13 heteroatoms. The van der Waals surface area contributed by atoms with Crippen molar-refractivity contribution in [3.8, 4) is 11.3 Å². The van der Waals surface area contributed by atoms with E-state index in [-0.39, 0.29) is 17.8 Å². The minimum Gasteiger partial charge on any atom is -0.462 e. The first kappa shape index (κ1) is 24.8. The second kappa shape index (κ2) is 10.1. The van der Waals surface area contributed by atoms with E-state index in [2.05, 4.69) is 20.5 Å². The number of rotatable bonds is 8. The van der Waals surface area contributed by atoms with E-state index in [0.717, 1.165) is 0 Å². The minimum atomic E-state index is -3.09. The Hall–Kier alpha value is -4.29. The highest BCUT2D eigenvalue weighted by molar-refractivity contribution is 5.96. The van der Waals surface area contributed by atoms with Crippen molar-refractivity contribution in [2.24, 2.45) is 0 Å². The molecule has 0 spiro atoms.